The molecule has 0 spiro atoms. The molecule has 1 aromatic rings. The minimum absolute atomic E-state index is 0.204. The first-order valence-electron chi connectivity index (χ1n) is 9.50. The monoisotopic (exact) mass is 347 g/mol. The third-order valence-electron chi connectivity index (χ3n) is 5.28. The number of piperazine rings is 1. The Morgan fingerprint density at radius 2 is 1.84 bits per heavy atom. The molecule has 0 saturated carbocycles. The van der Waals surface area contributed by atoms with Gasteiger partial charge < -0.3 is 19.9 Å². The van der Waals surface area contributed by atoms with Gasteiger partial charge in [-0.15, -0.1) is 0 Å². The Morgan fingerprint density at radius 1 is 1.16 bits per heavy atom. The van der Waals surface area contributed by atoms with Crippen LogP contribution in [0.3, 0.4) is 0 Å². The molecular weight excluding hydrogens is 314 g/mol. The topological polar surface area (TPSA) is 53.5 Å². The van der Waals surface area contributed by atoms with Gasteiger partial charge >= 0.3 is 0 Å². The molecule has 2 atom stereocenters. The lowest BCUT2D eigenvalue weighted by Gasteiger charge is -2.32. The van der Waals surface area contributed by atoms with E-state index in [1.54, 1.807) is 0 Å². The van der Waals surface area contributed by atoms with Crippen molar-refractivity contribution in [3.8, 4) is 0 Å². The third kappa shape index (κ3) is 4.90. The zero-order valence-corrected chi connectivity index (χ0v) is 16.2. The van der Waals surface area contributed by atoms with Crippen LogP contribution in [-0.2, 0) is 11.3 Å². The van der Waals surface area contributed by atoms with Gasteiger partial charge in [0, 0.05) is 69.8 Å². The van der Waals surface area contributed by atoms with Gasteiger partial charge in [0.15, 0.2) is 0 Å². The van der Waals surface area contributed by atoms with Gasteiger partial charge in [0.25, 0.3) is 0 Å². The highest BCUT2D eigenvalue weighted by Gasteiger charge is 2.36. The standard InChI is InChI=1S/C19H33N5O/c1-19(2,3)17-16(5-10-25-17)14-20-11-15-12-21-18(22-13-15)24-8-6-23(4)7-9-24/h12-13,16-17,20H,5-11,14H2,1-4H3/t16-,17+/m1/s1. The molecule has 1 N–H and O–H groups in total. The molecule has 2 aliphatic heterocycles. The zero-order valence-electron chi connectivity index (χ0n) is 16.2. The van der Waals surface area contributed by atoms with Gasteiger partial charge in [0.1, 0.15) is 0 Å². The molecule has 2 fully saturated rings. The van der Waals surface area contributed by atoms with E-state index in [9.17, 15) is 0 Å². The summed E-state index contributed by atoms with van der Waals surface area (Å²) in [5.74, 6) is 1.44. The Morgan fingerprint density at radius 3 is 2.48 bits per heavy atom. The highest BCUT2D eigenvalue weighted by molar-refractivity contribution is 5.30. The quantitative estimate of drug-likeness (QED) is 0.876. The van der Waals surface area contributed by atoms with Crippen LogP contribution in [0.25, 0.3) is 0 Å². The van der Waals surface area contributed by atoms with E-state index in [1.807, 2.05) is 12.4 Å². The molecule has 140 valence electrons. The van der Waals surface area contributed by atoms with Crippen LogP contribution in [0.15, 0.2) is 12.4 Å². The average Bonchev–Trinajstić information content (AvgIpc) is 3.05. The van der Waals surface area contributed by atoms with E-state index in [0.717, 1.165) is 63.8 Å². The van der Waals surface area contributed by atoms with E-state index >= 15 is 0 Å². The maximum Gasteiger partial charge on any atom is 0.225 e. The fraction of sp³-hybridized carbons (Fsp3) is 0.789. The summed E-state index contributed by atoms with van der Waals surface area (Å²) in [5, 5.41) is 3.57. The predicted molar refractivity (Wildman–Crippen MR) is 101 cm³/mol. The number of aromatic nitrogens is 2. The lowest BCUT2D eigenvalue weighted by molar-refractivity contribution is 0.00721. The number of nitrogens with one attached hydrogen (secondary N) is 1. The minimum Gasteiger partial charge on any atom is -0.377 e. The summed E-state index contributed by atoms with van der Waals surface area (Å²) in [6.07, 6.45) is 5.41. The van der Waals surface area contributed by atoms with Crippen molar-refractivity contribution in [1.82, 2.24) is 20.2 Å². The van der Waals surface area contributed by atoms with E-state index in [1.165, 1.54) is 0 Å². The van der Waals surface area contributed by atoms with Crippen molar-refractivity contribution in [2.45, 2.75) is 39.8 Å². The molecule has 0 unspecified atom stereocenters. The molecular formula is C19H33N5O. The number of anilines is 1. The number of likely N-dealkylation sites (N-methyl/N-ethyl adjacent to an activating group) is 1. The van der Waals surface area contributed by atoms with Crippen molar-refractivity contribution in [2.75, 3.05) is 51.3 Å². The predicted octanol–water partition coefficient (Wildman–Crippen LogP) is 1.77. The van der Waals surface area contributed by atoms with Gasteiger partial charge in [-0.05, 0) is 18.9 Å². The second-order valence-corrected chi connectivity index (χ2v) is 8.52. The molecule has 3 rings (SSSR count). The van der Waals surface area contributed by atoms with E-state index in [-0.39, 0.29) is 5.41 Å². The molecule has 25 heavy (non-hydrogen) atoms. The number of nitrogens with zero attached hydrogens (tertiary/aromatic N) is 4. The van der Waals surface area contributed by atoms with Crippen LogP contribution in [0.5, 0.6) is 0 Å². The summed E-state index contributed by atoms with van der Waals surface area (Å²) in [4.78, 5) is 13.7. The molecule has 0 aliphatic carbocycles. The third-order valence-corrected chi connectivity index (χ3v) is 5.28. The second-order valence-electron chi connectivity index (χ2n) is 8.52. The summed E-state index contributed by atoms with van der Waals surface area (Å²) in [7, 11) is 2.16. The highest BCUT2D eigenvalue weighted by atomic mass is 16.5. The molecule has 2 saturated heterocycles. The van der Waals surface area contributed by atoms with Crippen molar-refractivity contribution >= 4 is 5.95 Å². The molecule has 0 radical (unpaired) electrons. The fourth-order valence-electron chi connectivity index (χ4n) is 3.81. The van der Waals surface area contributed by atoms with Gasteiger partial charge in [-0.2, -0.15) is 0 Å². The summed E-state index contributed by atoms with van der Waals surface area (Å²) in [6, 6.07) is 0. The summed E-state index contributed by atoms with van der Waals surface area (Å²) in [6.45, 7) is 13.6. The van der Waals surface area contributed by atoms with Gasteiger partial charge in [0.2, 0.25) is 5.95 Å². The van der Waals surface area contributed by atoms with Gasteiger partial charge in [-0.1, -0.05) is 20.8 Å². The Kier molecular flexibility index (Phi) is 5.92. The molecule has 2 aliphatic rings. The van der Waals surface area contributed by atoms with Crippen LogP contribution < -0.4 is 10.2 Å². The minimum atomic E-state index is 0.204. The smallest absolute Gasteiger partial charge is 0.225 e. The first-order valence-corrected chi connectivity index (χ1v) is 9.50. The maximum atomic E-state index is 5.95. The first kappa shape index (κ1) is 18.5. The molecule has 3 heterocycles. The zero-order chi connectivity index (χ0) is 17.9. The molecule has 0 amide bonds. The summed E-state index contributed by atoms with van der Waals surface area (Å²) < 4.78 is 5.95. The van der Waals surface area contributed by atoms with Crippen LogP contribution in [0.4, 0.5) is 5.95 Å². The Labute approximate surface area is 152 Å². The lowest BCUT2D eigenvalue weighted by atomic mass is 9.81. The van der Waals surface area contributed by atoms with Crippen molar-refractivity contribution in [3.63, 3.8) is 0 Å². The Hall–Kier alpha value is -1.24. The normalized spacial score (nSPS) is 25.5. The molecule has 6 heteroatoms. The fourth-order valence-corrected chi connectivity index (χ4v) is 3.81. The van der Waals surface area contributed by atoms with Crippen molar-refractivity contribution < 1.29 is 4.74 Å². The molecule has 0 bridgehead atoms. The van der Waals surface area contributed by atoms with Crippen LogP contribution in [0, 0.1) is 11.3 Å². The van der Waals surface area contributed by atoms with Crippen molar-refractivity contribution in [3.05, 3.63) is 18.0 Å². The number of hydrogen-bond donors (Lipinski definition) is 1. The Balaban J connectivity index is 1.46. The van der Waals surface area contributed by atoms with Crippen LogP contribution in [-0.4, -0.2) is 67.4 Å². The van der Waals surface area contributed by atoms with Gasteiger partial charge in [-0.25, -0.2) is 9.97 Å². The van der Waals surface area contributed by atoms with Crippen LogP contribution in [0.2, 0.25) is 0 Å². The number of rotatable bonds is 5. The molecule has 6 nitrogen and oxygen atoms in total. The van der Waals surface area contributed by atoms with Crippen molar-refractivity contribution in [1.29, 1.82) is 0 Å². The second kappa shape index (κ2) is 7.98. The maximum absolute atomic E-state index is 5.95. The summed E-state index contributed by atoms with van der Waals surface area (Å²) in [5.41, 5.74) is 1.35. The molecule has 0 aromatic carbocycles. The van der Waals surface area contributed by atoms with Crippen LogP contribution >= 0.6 is 0 Å². The van der Waals surface area contributed by atoms with Gasteiger partial charge in [-0.3, -0.25) is 0 Å². The highest BCUT2D eigenvalue weighted by Crippen LogP contribution is 2.34. The largest absolute Gasteiger partial charge is 0.377 e. The van der Waals surface area contributed by atoms with E-state index in [2.05, 4.69) is 52.9 Å². The Bertz CT molecular complexity index is 534. The van der Waals surface area contributed by atoms with Crippen LogP contribution in [0.1, 0.15) is 32.8 Å². The van der Waals surface area contributed by atoms with E-state index in [4.69, 9.17) is 4.74 Å². The lowest BCUT2D eigenvalue weighted by Crippen LogP contribution is -2.45. The average molecular weight is 348 g/mol. The number of ether oxygens (including phenoxy) is 1. The SMILES string of the molecule is CN1CCN(c2ncc(CNC[C@H]3CCO[C@@H]3C(C)(C)C)cn2)CC1. The van der Waals surface area contributed by atoms with Gasteiger partial charge in [0.05, 0.1) is 6.10 Å². The van der Waals surface area contributed by atoms with E-state index in [0.29, 0.717) is 12.0 Å². The van der Waals surface area contributed by atoms with Crippen molar-refractivity contribution in [2.24, 2.45) is 11.3 Å². The first-order chi connectivity index (χ1) is 11.9. The molecule has 1 aromatic heterocycles. The number of hydrogen-bond acceptors (Lipinski definition) is 6. The summed E-state index contributed by atoms with van der Waals surface area (Å²) >= 11 is 0. The van der Waals surface area contributed by atoms with E-state index < -0.39 is 0 Å².